The number of piperidine rings is 1. The molecule has 2 amide bonds. The first kappa shape index (κ1) is 17.8. The highest BCUT2D eigenvalue weighted by molar-refractivity contribution is 7.20. The highest BCUT2D eigenvalue weighted by Gasteiger charge is 2.25. The van der Waals surface area contributed by atoms with Crippen LogP contribution in [0, 0.1) is 0 Å². The molecule has 0 aromatic carbocycles. The van der Waals surface area contributed by atoms with E-state index in [2.05, 4.69) is 36.1 Å². The van der Waals surface area contributed by atoms with Crippen LogP contribution in [0.15, 0.2) is 18.5 Å². The van der Waals surface area contributed by atoms with Crippen LogP contribution in [0.4, 0.5) is 4.79 Å². The third-order valence-corrected chi connectivity index (χ3v) is 5.61. The maximum absolute atomic E-state index is 12.5. The lowest BCUT2D eigenvalue weighted by Gasteiger charge is -2.31. The Kier molecular flexibility index (Phi) is 5.32. The summed E-state index contributed by atoms with van der Waals surface area (Å²) in [4.78, 5) is 26.7. The summed E-state index contributed by atoms with van der Waals surface area (Å²) in [7, 11) is 0. The zero-order valence-corrected chi connectivity index (χ0v) is 15.8. The lowest BCUT2D eigenvalue weighted by molar-refractivity contribution is 0.0863. The van der Waals surface area contributed by atoms with Crippen LogP contribution >= 0.6 is 11.3 Å². The van der Waals surface area contributed by atoms with Crippen molar-refractivity contribution in [3.05, 3.63) is 23.3 Å². The SMILES string of the molecule is CCOC(=O)N1CCC(NC(=O)c2cc3cn(C(C)C)cc3s2)CC1. The molecule has 0 radical (unpaired) electrons. The summed E-state index contributed by atoms with van der Waals surface area (Å²) in [5.41, 5.74) is 0. The molecule has 0 aliphatic carbocycles. The van der Waals surface area contributed by atoms with Gasteiger partial charge in [0.25, 0.3) is 5.91 Å². The molecule has 136 valence electrons. The normalized spacial score (nSPS) is 15.8. The predicted molar refractivity (Wildman–Crippen MR) is 99.3 cm³/mol. The van der Waals surface area contributed by atoms with Crippen molar-refractivity contribution in [2.24, 2.45) is 0 Å². The van der Waals surface area contributed by atoms with Gasteiger partial charge in [-0.15, -0.1) is 11.3 Å². The molecule has 0 atom stereocenters. The van der Waals surface area contributed by atoms with Gasteiger partial charge in [-0.25, -0.2) is 4.79 Å². The quantitative estimate of drug-likeness (QED) is 0.902. The van der Waals surface area contributed by atoms with Crippen molar-refractivity contribution in [1.82, 2.24) is 14.8 Å². The van der Waals surface area contributed by atoms with Crippen molar-refractivity contribution < 1.29 is 14.3 Å². The minimum Gasteiger partial charge on any atom is -0.450 e. The lowest BCUT2D eigenvalue weighted by Crippen LogP contribution is -2.46. The first-order chi connectivity index (χ1) is 12.0. The number of nitrogens with zero attached hydrogens (tertiary/aromatic N) is 2. The third-order valence-electron chi connectivity index (χ3n) is 4.52. The van der Waals surface area contributed by atoms with E-state index in [4.69, 9.17) is 4.74 Å². The van der Waals surface area contributed by atoms with E-state index in [0.717, 1.165) is 27.8 Å². The molecule has 1 fully saturated rings. The fourth-order valence-electron chi connectivity index (χ4n) is 3.04. The highest BCUT2D eigenvalue weighted by Crippen LogP contribution is 2.28. The fraction of sp³-hybridized carbons (Fsp3) is 0.556. The molecule has 2 aromatic heterocycles. The Morgan fingerprint density at radius 2 is 2.04 bits per heavy atom. The van der Waals surface area contributed by atoms with Crippen LogP contribution in [0.2, 0.25) is 0 Å². The van der Waals surface area contributed by atoms with Crippen LogP contribution in [0.25, 0.3) is 10.1 Å². The van der Waals surface area contributed by atoms with Crippen molar-refractivity contribution in [2.45, 2.75) is 45.7 Å². The molecular weight excluding hydrogens is 338 g/mol. The Balaban J connectivity index is 1.56. The van der Waals surface area contributed by atoms with E-state index in [1.54, 1.807) is 11.8 Å². The van der Waals surface area contributed by atoms with E-state index in [0.29, 0.717) is 25.7 Å². The minimum atomic E-state index is -0.261. The number of carbonyl (C=O) groups excluding carboxylic acids is 2. The molecule has 0 saturated carbocycles. The zero-order valence-electron chi connectivity index (χ0n) is 14.9. The average Bonchev–Trinajstić information content (AvgIpc) is 3.14. The summed E-state index contributed by atoms with van der Waals surface area (Å²) in [6.45, 7) is 7.71. The second-order valence-electron chi connectivity index (χ2n) is 6.66. The maximum Gasteiger partial charge on any atom is 0.409 e. The summed E-state index contributed by atoms with van der Waals surface area (Å²) in [6.07, 6.45) is 5.44. The lowest BCUT2D eigenvalue weighted by atomic mass is 10.1. The molecule has 1 saturated heterocycles. The number of aromatic nitrogens is 1. The number of fused-ring (bicyclic) bond motifs is 1. The number of nitrogens with one attached hydrogen (secondary N) is 1. The van der Waals surface area contributed by atoms with Gasteiger partial charge in [0.15, 0.2) is 0 Å². The Hall–Kier alpha value is -2.02. The number of rotatable bonds is 4. The maximum atomic E-state index is 12.5. The fourth-order valence-corrected chi connectivity index (χ4v) is 4.02. The molecule has 0 spiro atoms. The van der Waals surface area contributed by atoms with Gasteiger partial charge in [0.2, 0.25) is 0 Å². The summed E-state index contributed by atoms with van der Waals surface area (Å²) >= 11 is 1.53. The largest absolute Gasteiger partial charge is 0.450 e. The molecule has 1 aliphatic rings. The number of hydrogen-bond acceptors (Lipinski definition) is 4. The van der Waals surface area contributed by atoms with Gasteiger partial charge in [-0.1, -0.05) is 0 Å². The van der Waals surface area contributed by atoms with Gasteiger partial charge in [0.05, 0.1) is 16.2 Å². The monoisotopic (exact) mass is 363 g/mol. The molecule has 1 aliphatic heterocycles. The van der Waals surface area contributed by atoms with Crippen molar-refractivity contribution in [3.63, 3.8) is 0 Å². The van der Waals surface area contributed by atoms with Crippen LogP contribution < -0.4 is 5.32 Å². The molecule has 2 aromatic rings. The molecule has 25 heavy (non-hydrogen) atoms. The van der Waals surface area contributed by atoms with E-state index in [1.165, 1.54) is 11.3 Å². The van der Waals surface area contributed by atoms with E-state index in [-0.39, 0.29) is 18.0 Å². The molecule has 7 heteroatoms. The third kappa shape index (κ3) is 3.98. The van der Waals surface area contributed by atoms with Crippen LogP contribution in [0.1, 0.15) is 49.3 Å². The summed E-state index contributed by atoms with van der Waals surface area (Å²) in [5, 5.41) is 4.21. The predicted octanol–water partition coefficient (Wildman–Crippen LogP) is 3.63. The van der Waals surface area contributed by atoms with Gasteiger partial charge in [-0.3, -0.25) is 4.79 Å². The molecule has 1 N–H and O–H groups in total. The van der Waals surface area contributed by atoms with E-state index in [1.807, 2.05) is 6.07 Å². The Bertz CT molecular complexity index is 725. The number of amides is 2. The van der Waals surface area contributed by atoms with Gasteiger partial charge >= 0.3 is 6.09 Å². The summed E-state index contributed by atoms with van der Waals surface area (Å²) < 4.78 is 8.31. The van der Waals surface area contributed by atoms with E-state index >= 15 is 0 Å². The van der Waals surface area contributed by atoms with E-state index in [9.17, 15) is 9.59 Å². The van der Waals surface area contributed by atoms with Crippen molar-refractivity contribution in [3.8, 4) is 0 Å². The van der Waals surface area contributed by atoms with Gasteiger partial charge in [-0.2, -0.15) is 0 Å². The number of likely N-dealkylation sites (tertiary alicyclic amines) is 1. The second kappa shape index (κ2) is 7.47. The number of hydrogen-bond donors (Lipinski definition) is 1. The molecule has 3 heterocycles. The van der Waals surface area contributed by atoms with Gasteiger partial charge in [0.1, 0.15) is 0 Å². The number of carbonyl (C=O) groups is 2. The molecule has 6 nitrogen and oxygen atoms in total. The Labute approximate surface area is 151 Å². The first-order valence-electron chi connectivity index (χ1n) is 8.81. The van der Waals surface area contributed by atoms with Crippen LogP contribution in [-0.2, 0) is 4.74 Å². The number of ether oxygens (including phenoxy) is 1. The Morgan fingerprint density at radius 1 is 1.32 bits per heavy atom. The molecule has 3 rings (SSSR count). The smallest absolute Gasteiger partial charge is 0.409 e. The van der Waals surface area contributed by atoms with Crippen LogP contribution in [-0.4, -0.2) is 47.2 Å². The van der Waals surface area contributed by atoms with Crippen molar-refractivity contribution in [1.29, 1.82) is 0 Å². The molecule has 0 bridgehead atoms. The zero-order chi connectivity index (χ0) is 18.0. The first-order valence-corrected chi connectivity index (χ1v) is 9.63. The van der Waals surface area contributed by atoms with E-state index < -0.39 is 0 Å². The molecule has 0 unspecified atom stereocenters. The topological polar surface area (TPSA) is 63.6 Å². The summed E-state index contributed by atoms with van der Waals surface area (Å²) in [5.74, 6) is -0.0214. The standard InChI is InChI=1S/C18H25N3O3S/c1-4-24-18(23)20-7-5-14(6-8-20)19-17(22)15-9-13-10-21(12(2)3)11-16(13)25-15/h9-12,14H,4-8H2,1-3H3,(H,19,22). The molecular formula is C18H25N3O3S. The van der Waals surface area contributed by atoms with Gasteiger partial charge in [0, 0.05) is 43.0 Å². The van der Waals surface area contributed by atoms with Gasteiger partial charge < -0.3 is 19.5 Å². The minimum absolute atomic E-state index is 0.0214. The van der Waals surface area contributed by atoms with Crippen LogP contribution in [0.3, 0.4) is 0 Å². The van der Waals surface area contributed by atoms with Crippen molar-refractivity contribution in [2.75, 3.05) is 19.7 Å². The van der Waals surface area contributed by atoms with Crippen molar-refractivity contribution >= 4 is 33.4 Å². The number of thiophene rings is 1. The Morgan fingerprint density at radius 3 is 2.64 bits per heavy atom. The summed E-state index contributed by atoms with van der Waals surface area (Å²) in [6, 6.07) is 2.48. The average molecular weight is 363 g/mol. The van der Waals surface area contributed by atoms with Gasteiger partial charge in [-0.05, 0) is 39.7 Å². The second-order valence-corrected chi connectivity index (χ2v) is 7.75. The van der Waals surface area contributed by atoms with Crippen LogP contribution in [0.5, 0.6) is 0 Å². The highest BCUT2D eigenvalue weighted by atomic mass is 32.1.